The third-order valence-corrected chi connectivity index (χ3v) is 5.15. The standard InChI is InChI=1S/C22H17BrFN7O/c1-13(32-20-6-14(23)9-29-22(20)26)18-7-15(24)2-3-17(18)21-19(27-4-5-28-21)11-31-10-16(8-25)30-12-31/h2-7,9-10,12-13H,11H2,1H3,(H2,26,29). The fraction of sp³-hybridized carbons (Fsp3) is 0.136. The zero-order chi connectivity index (χ0) is 22.7. The van der Waals surface area contributed by atoms with E-state index >= 15 is 0 Å². The van der Waals surface area contributed by atoms with Crippen molar-refractivity contribution < 1.29 is 9.13 Å². The predicted octanol–water partition coefficient (Wildman–Crippen LogP) is 4.28. The quantitative estimate of drug-likeness (QED) is 0.426. The molecule has 1 unspecified atom stereocenters. The third kappa shape index (κ3) is 4.58. The molecule has 0 aliphatic carbocycles. The average Bonchev–Trinajstić information content (AvgIpc) is 3.24. The van der Waals surface area contributed by atoms with Crippen molar-refractivity contribution in [2.24, 2.45) is 0 Å². The van der Waals surface area contributed by atoms with Crippen LogP contribution >= 0.6 is 15.9 Å². The maximum atomic E-state index is 14.2. The highest BCUT2D eigenvalue weighted by molar-refractivity contribution is 9.10. The van der Waals surface area contributed by atoms with Gasteiger partial charge in [-0.2, -0.15) is 5.26 Å². The topological polar surface area (TPSA) is 116 Å². The molecule has 3 aromatic heterocycles. The lowest BCUT2D eigenvalue weighted by Gasteiger charge is -2.20. The lowest BCUT2D eigenvalue weighted by molar-refractivity contribution is 0.227. The number of pyridine rings is 1. The van der Waals surface area contributed by atoms with E-state index in [1.807, 2.05) is 6.07 Å². The Balaban J connectivity index is 1.72. The molecule has 3 heterocycles. The summed E-state index contributed by atoms with van der Waals surface area (Å²) in [7, 11) is 0. The molecule has 32 heavy (non-hydrogen) atoms. The molecule has 8 nitrogen and oxygen atoms in total. The summed E-state index contributed by atoms with van der Waals surface area (Å²) in [5, 5.41) is 9.01. The van der Waals surface area contributed by atoms with Crippen molar-refractivity contribution in [3.8, 4) is 23.1 Å². The number of rotatable bonds is 6. The molecule has 0 amide bonds. The van der Waals surface area contributed by atoms with Crippen molar-refractivity contribution >= 4 is 21.7 Å². The van der Waals surface area contributed by atoms with E-state index in [1.54, 1.807) is 54.7 Å². The van der Waals surface area contributed by atoms with Crippen molar-refractivity contribution in [1.82, 2.24) is 24.5 Å². The molecular formula is C22H17BrFN7O. The molecule has 4 rings (SSSR count). The van der Waals surface area contributed by atoms with Crippen LogP contribution in [0, 0.1) is 17.1 Å². The van der Waals surface area contributed by atoms with E-state index in [4.69, 9.17) is 15.7 Å². The van der Waals surface area contributed by atoms with Crippen molar-refractivity contribution in [2.75, 3.05) is 5.73 Å². The summed E-state index contributed by atoms with van der Waals surface area (Å²) in [6, 6.07) is 8.12. The monoisotopic (exact) mass is 493 g/mol. The van der Waals surface area contributed by atoms with E-state index < -0.39 is 11.9 Å². The maximum Gasteiger partial charge on any atom is 0.166 e. The number of anilines is 1. The van der Waals surface area contributed by atoms with Gasteiger partial charge in [-0.05, 0) is 47.1 Å². The van der Waals surface area contributed by atoms with Gasteiger partial charge in [-0.3, -0.25) is 9.97 Å². The molecule has 1 atom stereocenters. The minimum Gasteiger partial charge on any atom is -0.482 e. The van der Waals surface area contributed by atoms with Crippen LogP contribution in [0.4, 0.5) is 10.2 Å². The molecule has 160 valence electrons. The number of hydrogen-bond donors (Lipinski definition) is 1. The van der Waals surface area contributed by atoms with E-state index in [9.17, 15) is 4.39 Å². The first-order valence-electron chi connectivity index (χ1n) is 9.54. The highest BCUT2D eigenvalue weighted by atomic mass is 79.9. The number of nitriles is 1. The first-order valence-corrected chi connectivity index (χ1v) is 10.3. The fourth-order valence-electron chi connectivity index (χ4n) is 3.25. The minimum absolute atomic E-state index is 0.228. The van der Waals surface area contributed by atoms with Gasteiger partial charge in [0.1, 0.15) is 18.0 Å². The van der Waals surface area contributed by atoms with Crippen molar-refractivity contribution in [2.45, 2.75) is 19.6 Å². The molecule has 0 aliphatic heterocycles. The first kappa shape index (κ1) is 21.4. The number of hydrogen-bond acceptors (Lipinski definition) is 7. The largest absolute Gasteiger partial charge is 0.482 e. The predicted molar refractivity (Wildman–Crippen MR) is 119 cm³/mol. The summed E-state index contributed by atoms with van der Waals surface area (Å²) >= 11 is 3.35. The Morgan fingerprint density at radius 3 is 2.81 bits per heavy atom. The van der Waals surface area contributed by atoms with Crippen molar-refractivity contribution in [3.05, 3.63) is 82.6 Å². The third-order valence-electron chi connectivity index (χ3n) is 4.71. The molecule has 4 aromatic rings. The average molecular weight is 494 g/mol. The van der Waals surface area contributed by atoms with Gasteiger partial charge in [0, 0.05) is 40.4 Å². The van der Waals surface area contributed by atoms with Crippen LogP contribution in [0.1, 0.15) is 30.0 Å². The maximum absolute atomic E-state index is 14.2. The van der Waals surface area contributed by atoms with Crippen LogP contribution in [0.3, 0.4) is 0 Å². The number of nitrogens with two attached hydrogens (primary N) is 1. The summed E-state index contributed by atoms with van der Waals surface area (Å²) in [6.07, 6.45) is 7.34. The number of benzene rings is 1. The molecular weight excluding hydrogens is 477 g/mol. The highest BCUT2D eigenvalue weighted by Gasteiger charge is 2.20. The summed E-state index contributed by atoms with van der Waals surface area (Å²) in [4.78, 5) is 17.0. The molecule has 0 aliphatic rings. The Morgan fingerprint density at radius 1 is 1.22 bits per heavy atom. The Bertz CT molecular complexity index is 1320. The fourth-order valence-corrected chi connectivity index (χ4v) is 3.56. The number of aromatic nitrogens is 5. The van der Waals surface area contributed by atoms with Gasteiger partial charge >= 0.3 is 0 Å². The second-order valence-electron chi connectivity index (χ2n) is 6.92. The minimum atomic E-state index is -0.563. The lowest BCUT2D eigenvalue weighted by atomic mass is 9.98. The van der Waals surface area contributed by atoms with E-state index in [1.165, 1.54) is 12.1 Å². The molecule has 2 N–H and O–H groups in total. The normalized spacial score (nSPS) is 11.7. The van der Waals surface area contributed by atoms with Gasteiger partial charge < -0.3 is 15.0 Å². The van der Waals surface area contributed by atoms with Crippen molar-refractivity contribution in [3.63, 3.8) is 0 Å². The molecule has 0 radical (unpaired) electrons. The second-order valence-corrected chi connectivity index (χ2v) is 7.84. The second kappa shape index (κ2) is 9.11. The number of halogens is 2. The summed E-state index contributed by atoms with van der Waals surface area (Å²) in [5.41, 5.74) is 8.70. The number of ether oxygens (including phenoxy) is 1. The van der Waals surface area contributed by atoms with Gasteiger partial charge in [0.25, 0.3) is 0 Å². The number of nitrogens with zero attached hydrogens (tertiary/aromatic N) is 6. The zero-order valence-electron chi connectivity index (χ0n) is 16.9. The van der Waals surface area contributed by atoms with Gasteiger partial charge in [-0.25, -0.2) is 14.4 Å². The number of nitrogen functional groups attached to an aromatic ring is 1. The molecule has 10 heteroatoms. The Kier molecular flexibility index (Phi) is 6.09. The van der Waals surface area contributed by atoms with Gasteiger partial charge in [0.05, 0.1) is 24.3 Å². The molecule has 0 saturated heterocycles. The highest BCUT2D eigenvalue weighted by Crippen LogP contribution is 2.34. The van der Waals surface area contributed by atoms with E-state index in [-0.39, 0.29) is 5.82 Å². The van der Waals surface area contributed by atoms with Gasteiger partial charge in [-0.1, -0.05) is 0 Å². The Labute approximate surface area is 191 Å². The van der Waals surface area contributed by atoms with Crippen LogP contribution in [-0.2, 0) is 6.54 Å². The summed E-state index contributed by atoms with van der Waals surface area (Å²) in [5.74, 6) is 0.203. The Morgan fingerprint density at radius 2 is 2.03 bits per heavy atom. The molecule has 1 aromatic carbocycles. The first-order chi connectivity index (χ1) is 15.4. The van der Waals surface area contributed by atoms with Crippen LogP contribution in [0.5, 0.6) is 5.75 Å². The summed E-state index contributed by atoms with van der Waals surface area (Å²) in [6.45, 7) is 2.14. The lowest BCUT2D eigenvalue weighted by Crippen LogP contribution is -2.10. The molecule has 0 spiro atoms. The van der Waals surface area contributed by atoms with E-state index in [0.717, 1.165) is 0 Å². The van der Waals surface area contributed by atoms with E-state index in [0.29, 0.717) is 45.0 Å². The molecule has 0 bridgehead atoms. The van der Waals surface area contributed by atoms with Crippen molar-refractivity contribution in [1.29, 1.82) is 5.26 Å². The Hall–Kier alpha value is -3.84. The van der Waals surface area contributed by atoms with E-state index in [2.05, 4.69) is 35.9 Å². The zero-order valence-corrected chi connectivity index (χ0v) is 18.5. The SMILES string of the molecule is CC(Oc1cc(Br)cnc1N)c1cc(F)ccc1-c1nccnc1Cn1cnc(C#N)c1. The molecule has 0 saturated carbocycles. The molecule has 0 fully saturated rings. The van der Waals surface area contributed by atoms with Gasteiger partial charge in [0.2, 0.25) is 0 Å². The van der Waals surface area contributed by atoms with Crippen LogP contribution in [0.15, 0.2) is 59.9 Å². The summed E-state index contributed by atoms with van der Waals surface area (Å²) < 4.78 is 22.7. The smallest absolute Gasteiger partial charge is 0.166 e. The van der Waals surface area contributed by atoms with Crippen LogP contribution < -0.4 is 10.5 Å². The van der Waals surface area contributed by atoms with Crippen LogP contribution in [-0.4, -0.2) is 24.5 Å². The van der Waals surface area contributed by atoms with Crippen LogP contribution in [0.25, 0.3) is 11.3 Å². The van der Waals surface area contributed by atoms with Gasteiger partial charge in [0.15, 0.2) is 17.3 Å². The van der Waals surface area contributed by atoms with Gasteiger partial charge in [-0.15, -0.1) is 0 Å². The number of imidazole rings is 1. The van der Waals surface area contributed by atoms with Crippen LogP contribution in [0.2, 0.25) is 0 Å².